The number of hydrogen-bond acceptors (Lipinski definition) is 6. The third-order valence-corrected chi connectivity index (χ3v) is 4.32. The Morgan fingerprint density at radius 3 is 2.70 bits per heavy atom. The van der Waals surface area contributed by atoms with Crippen LogP contribution in [0, 0.1) is 0 Å². The van der Waals surface area contributed by atoms with Gasteiger partial charge in [0.1, 0.15) is 11.3 Å². The van der Waals surface area contributed by atoms with Crippen LogP contribution in [0.4, 0.5) is 5.95 Å². The molecule has 2 heterocycles. The first-order valence-electron chi connectivity index (χ1n) is 8.85. The van der Waals surface area contributed by atoms with Gasteiger partial charge in [0.25, 0.3) is 5.95 Å². The summed E-state index contributed by atoms with van der Waals surface area (Å²) in [6, 6.07) is 15.8. The first kappa shape index (κ1) is 17.0. The predicted octanol–water partition coefficient (Wildman–Crippen LogP) is 3.84. The minimum atomic E-state index is 0.368. The van der Waals surface area contributed by atoms with E-state index >= 15 is 0 Å². The number of hydrazone groups is 1. The summed E-state index contributed by atoms with van der Waals surface area (Å²) in [5, 5.41) is 13.8. The number of methoxy groups -OCH3 is 1. The molecule has 0 aliphatic heterocycles. The molecule has 27 heavy (non-hydrogen) atoms. The Morgan fingerprint density at radius 2 is 1.93 bits per heavy atom. The van der Waals surface area contributed by atoms with Gasteiger partial charge in [0.15, 0.2) is 5.65 Å². The molecule has 0 atom stereocenters. The third kappa shape index (κ3) is 3.31. The van der Waals surface area contributed by atoms with Gasteiger partial charge in [0.2, 0.25) is 0 Å². The molecule has 0 bridgehead atoms. The second-order valence-corrected chi connectivity index (χ2v) is 6.12. The smallest absolute Gasteiger partial charge is 0.265 e. The second-order valence-electron chi connectivity index (χ2n) is 6.12. The number of aromatic nitrogens is 4. The van der Waals surface area contributed by atoms with E-state index in [-0.39, 0.29) is 0 Å². The van der Waals surface area contributed by atoms with Crippen LogP contribution in [0.15, 0.2) is 53.6 Å². The molecule has 4 rings (SSSR count). The third-order valence-electron chi connectivity index (χ3n) is 4.32. The van der Waals surface area contributed by atoms with Crippen LogP contribution in [0.2, 0.25) is 0 Å². The maximum Gasteiger partial charge on any atom is 0.265 e. The average molecular weight is 360 g/mol. The first-order chi connectivity index (χ1) is 13.3. The van der Waals surface area contributed by atoms with Crippen LogP contribution < -0.4 is 10.2 Å². The molecule has 136 valence electrons. The molecule has 0 aliphatic rings. The van der Waals surface area contributed by atoms with Gasteiger partial charge < -0.3 is 9.30 Å². The summed E-state index contributed by atoms with van der Waals surface area (Å²) in [4.78, 5) is 4.63. The van der Waals surface area contributed by atoms with Crippen molar-refractivity contribution in [1.82, 2.24) is 19.7 Å². The molecule has 0 amide bonds. The fourth-order valence-corrected chi connectivity index (χ4v) is 3.06. The zero-order valence-corrected chi connectivity index (χ0v) is 15.3. The number of rotatable bonds is 6. The predicted molar refractivity (Wildman–Crippen MR) is 107 cm³/mol. The van der Waals surface area contributed by atoms with Crippen molar-refractivity contribution in [3.05, 3.63) is 54.1 Å². The van der Waals surface area contributed by atoms with Crippen molar-refractivity contribution in [2.75, 3.05) is 12.5 Å². The molecule has 7 nitrogen and oxygen atoms in total. The summed E-state index contributed by atoms with van der Waals surface area (Å²) >= 11 is 0. The zero-order valence-electron chi connectivity index (χ0n) is 15.3. The molecule has 4 aromatic rings. The summed E-state index contributed by atoms with van der Waals surface area (Å²) in [6.45, 7) is 3.02. The lowest BCUT2D eigenvalue weighted by molar-refractivity contribution is 0.415. The van der Waals surface area contributed by atoms with Crippen LogP contribution in [-0.4, -0.2) is 33.1 Å². The molecule has 0 spiro atoms. The van der Waals surface area contributed by atoms with Gasteiger partial charge in [-0.15, -0.1) is 10.2 Å². The van der Waals surface area contributed by atoms with Gasteiger partial charge in [0, 0.05) is 11.9 Å². The number of anilines is 1. The van der Waals surface area contributed by atoms with Gasteiger partial charge in [-0.05, 0) is 42.3 Å². The fraction of sp³-hybridized carbons (Fsp3) is 0.200. The Morgan fingerprint density at radius 1 is 1.11 bits per heavy atom. The van der Waals surface area contributed by atoms with E-state index < -0.39 is 0 Å². The van der Waals surface area contributed by atoms with Gasteiger partial charge in [-0.25, -0.2) is 5.43 Å². The molecule has 0 radical (unpaired) electrons. The fourth-order valence-electron chi connectivity index (χ4n) is 3.06. The molecular formula is C20H20N6O. The molecule has 0 fully saturated rings. The number of nitrogens with zero attached hydrogens (tertiary/aromatic N) is 5. The van der Waals surface area contributed by atoms with E-state index in [1.165, 1.54) is 0 Å². The lowest BCUT2D eigenvalue weighted by Gasteiger charge is -2.04. The van der Waals surface area contributed by atoms with Crippen molar-refractivity contribution < 1.29 is 4.74 Å². The van der Waals surface area contributed by atoms with Crippen LogP contribution in [0.5, 0.6) is 5.75 Å². The summed E-state index contributed by atoms with van der Waals surface area (Å²) in [6.07, 6.45) is 2.71. The summed E-state index contributed by atoms with van der Waals surface area (Å²) < 4.78 is 7.33. The zero-order chi connectivity index (χ0) is 18.6. The normalized spacial score (nSPS) is 11.5. The van der Waals surface area contributed by atoms with Crippen molar-refractivity contribution >= 4 is 34.2 Å². The second kappa shape index (κ2) is 7.41. The Kier molecular flexibility index (Phi) is 4.65. The number of nitrogens with one attached hydrogen (secondary N) is 1. The number of para-hydroxylation sites is 1. The minimum absolute atomic E-state index is 0.368. The summed E-state index contributed by atoms with van der Waals surface area (Å²) in [7, 11) is 1.64. The number of hydrogen-bond donors (Lipinski definition) is 1. The largest absolute Gasteiger partial charge is 0.497 e. The Labute approximate surface area is 156 Å². The lowest BCUT2D eigenvalue weighted by Crippen LogP contribution is -2.03. The molecule has 2 aromatic carbocycles. The van der Waals surface area contributed by atoms with Gasteiger partial charge in [-0.3, -0.25) is 0 Å². The monoisotopic (exact) mass is 360 g/mol. The van der Waals surface area contributed by atoms with Crippen molar-refractivity contribution in [2.45, 2.75) is 19.9 Å². The van der Waals surface area contributed by atoms with Crippen molar-refractivity contribution in [1.29, 1.82) is 0 Å². The SMILES string of the molecule is CCCn1c2ccccc2c2nnc(N/N=C/c3ccc(OC)cc3)nc21. The van der Waals surface area contributed by atoms with Crippen LogP contribution in [-0.2, 0) is 6.54 Å². The topological polar surface area (TPSA) is 77.2 Å². The van der Waals surface area contributed by atoms with E-state index in [0.717, 1.165) is 46.3 Å². The van der Waals surface area contributed by atoms with Crippen LogP contribution in [0.3, 0.4) is 0 Å². The average Bonchev–Trinajstić information content (AvgIpc) is 3.02. The highest BCUT2D eigenvalue weighted by Crippen LogP contribution is 2.26. The van der Waals surface area contributed by atoms with Crippen molar-refractivity contribution in [2.24, 2.45) is 5.10 Å². The summed E-state index contributed by atoms with van der Waals surface area (Å²) in [5.74, 6) is 1.18. The Bertz CT molecular complexity index is 1100. The van der Waals surface area contributed by atoms with E-state index in [1.807, 2.05) is 36.4 Å². The van der Waals surface area contributed by atoms with E-state index in [2.05, 4.69) is 49.3 Å². The molecule has 0 aliphatic carbocycles. The Balaban J connectivity index is 1.63. The molecule has 7 heteroatoms. The quantitative estimate of drug-likeness (QED) is 0.417. The standard InChI is InChI=1S/C20H20N6O/c1-3-12-26-17-7-5-4-6-16(17)18-19(26)22-20(25-23-18)24-21-13-14-8-10-15(27-2)11-9-14/h4-11,13H,3,12H2,1-2H3,(H,22,24,25)/b21-13+. The van der Waals surface area contributed by atoms with E-state index in [0.29, 0.717) is 5.95 Å². The van der Waals surface area contributed by atoms with E-state index in [4.69, 9.17) is 4.74 Å². The van der Waals surface area contributed by atoms with E-state index in [1.54, 1.807) is 13.3 Å². The van der Waals surface area contributed by atoms with Crippen molar-refractivity contribution in [3.63, 3.8) is 0 Å². The molecule has 0 saturated carbocycles. The van der Waals surface area contributed by atoms with Gasteiger partial charge in [-0.2, -0.15) is 10.1 Å². The number of fused-ring (bicyclic) bond motifs is 3. The first-order valence-corrected chi connectivity index (χ1v) is 8.85. The number of aryl methyl sites for hydroxylation is 1. The van der Waals surface area contributed by atoms with Crippen LogP contribution >= 0.6 is 0 Å². The molecule has 0 saturated heterocycles. The van der Waals surface area contributed by atoms with Crippen LogP contribution in [0.25, 0.3) is 22.1 Å². The Hall–Kier alpha value is -3.48. The molecule has 0 unspecified atom stereocenters. The van der Waals surface area contributed by atoms with Gasteiger partial charge in [-0.1, -0.05) is 25.1 Å². The van der Waals surface area contributed by atoms with Gasteiger partial charge >= 0.3 is 0 Å². The maximum absolute atomic E-state index is 5.15. The van der Waals surface area contributed by atoms with Gasteiger partial charge in [0.05, 0.1) is 18.8 Å². The number of benzene rings is 2. The maximum atomic E-state index is 5.15. The highest BCUT2D eigenvalue weighted by molar-refractivity contribution is 6.04. The highest BCUT2D eigenvalue weighted by Gasteiger charge is 2.13. The minimum Gasteiger partial charge on any atom is -0.497 e. The lowest BCUT2D eigenvalue weighted by atomic mass is 10.2. The summed E-state index contributed by atoms with van der Waals surface area (Å²) in [5.41, 5.74) is 6.55. The van der Waals surface area contributed by atoms with Crippen LogP contribution in [0.1, 0.15) is 18.9 Å². The highest BCUT2D eigenvalue weighted by atomic mass is 16.5. The molecular weight excluding hydrogens is 340 g/mol. The number of ether oxygens (including phenoxy) is 1. The van der Waals surface area contributed by atoms with E-state index in [9.17, 15) is 0 Å². The molecule has 1 N–H and O–H groups in total. The molecule has 2 aromatic heterocycles. The van der Waals surface area contributed by atoms with Crippen molar-refractivity contribution in [3.8, 4) is 5.75 Å².